The Morgan fingerprint density at radius 2 is 2.15 bits per heavy atom. The molecule has 0 aromatic carbocycles. The van der Waals surface area contributed by atoms with Crippen LogP contribution in [0.2, 0.25) is 0 Å². The Bertz CT molecular complexity index is 745. The van der Waals surface area contributed by atoms with E-state index in [0.717, 1.165) is 5.69 Å². The molecule has 2 amide bonds. The average molecular weight is 370 g/mol. The minimum absolute atomic E-state index is 0.105. The van der Waals surface area contributed by atoms with Gasteiger partial charge < -0.3 is 15.2 Å². The quantitative estimate of drug-likeness (QED) is 0.760. The monoisotopic (exact) mass is 370 g/mol. The summed E-state index contributed by atoms with van der Waals surface area (Å²) in [4.78, 5) is 40.6. The first-order chi connectivity index (χ1) is 13.1. The van der Waals surface area contributed by atoms with Crippen LogP contribution in [0.15, 0.2) is 36.9 Å². The third kappa shape index (κ3) is 4.51. The van der Waals surface area contributed by atoms with E-state index in [0.29, 0.717) is 38.3 Å². The maximum atomic E-state index is 13.0. The van der Waals surface area contributed by atoms with Gasteiger partial charge in [0, 0.05) is 50.3 Å². The van der Waals surface area contributed by atoms with Crippen LogP contribution in [0.3, 0.4) is 0 Å². The average Bonchev–Trinajstić information content (AvgIpc) is 3.33. The normalized spacial score (nSPS) is 19.8. The summed E-state index contributed by atoms with van der Waals surface area (Å²) in [6.45, 7) is 6.51. The molecule has 144 valence electrons. The summed E-state index contributed by atoms with van der Waals surface area (Å²) in [5, 5.41) is 3.02. The number of hydrogen-bond acceptors (Lipinski definition) is 5. The van der Waals surface area contributed by atoms with Gasteiger partial charge in [-0.2, -0.15) is 0 Å². The summed E-state index contributed by atoms with van der Waals surface area (Å²) in [6.07, 6.45) is 5.58. The number of aromatic nitrogens is 3. The van der Waals surface area contributed by atoms with Crippen LogP contribution in [0.25, 0.3) is 0 Å². The van der Waals surface area contributed by atoms with Crippen LogP contribution >= 0.6 is 0 Å². The van der Waals surface area contributed by atoms with E-state index < -0.39 is 0 Å². The minimum atomic E-state index is -0.262. The maximum absolute atomic E-state index is 13.0. The first-order valence-corrected chi connectivity index (χ1v) is 9.34. The predicted molar refractivity (Wildman–Crippen MR) is 101 cm³/mol. The van der Waals surface area contributed by atoms with Crippen molar-refractivity contribution in [3.8, 4) is 0 Å². The Hall–Kier alpha value is -2.74. The standard InChI is InChI=1S/C19H26N6O2/c1-3-24(4-2)19(27)17-9-14(11-25(17)12-15-10-20-13-22-15)23-18(26)16-7-5-6-8-21-16/h5-8,10,13-14,17H,3-4,9,11-12H2,1-2H3,(H,20,22)(H,23,26)/t14-,17+/m1/s1. The van der Waals surface area contributed by atoms with E-state index in [9.17, 15) is 9.59 Å². The van der Waals surface area contributed by atoms with Gasteiger partial charge in [0.2, 0.25) is 5.91 Å². The van der Waals surface area contributed by atoms with Crippen molar-refractivity contribution in [3.63, 3.8) is 0 Å². The molecule has 27 heavy (non-hydrogen) atoms. The highest BCUT2D eigenvalue weighted by Crippen LogP contribution is 2.22. The number of likely N-dealkylation sites (tertiary alicyclic amines) is 1. The van der Waals surface area contributed by atoms with Gasteiger partial charge in [0.25, 0.3) is 5.91 Å². The van der Waals surface area contributed by atoms with Crippen LogP contribution in [0.5, 0.6) is 0 Å². The third-order valence-corrected chi connectivity index (χ3v) is 4.92. The number of aromatic amines is 1. The van der Waals surface area contributed by atoms with Crippen molar-refractivity contribution < 1.29 is 9.59 Å². The molecular formula is C19H26N6O2. The van der Waals surface area contributed by atoms with E-state index >= 15 is 0 Å². The molecule has 0 aliphatic carbocycles. The molecule has 2 N–H and O–H groups in total. The van der Waals surface area contributed by atoms with E-state index in [1.54, 1.807) is 36.9 Å². The second kappa shape index (κ2) is 8.77. The lowest BCUT2D eigenvalue weighted by atomic mass is 10.1. The van der Waals surface area contributed by atoms with Gasteiger partial charge >= 0.3 is 0 Å². The van der Waals surface area contributed by atoms with E-state index in [1.165, 1.54) is 0 Å². The van der Waals surface area contributed by atoms with Crippen molar-refractivity contribution >= 4 is 11.8 Å². The number of likely N-dealkylation sites (N-methyl/N-ethyl adjacent to an activating group) is 1. The van der Waals surface area contributed by atoms with Gasteiger partial charge in [-0.15, -0.1) is 0 Å². The Labute approximate surface area is 159 Å². The van der Waals surface area contributed by atoms with Gasteiger partial charge in [-0.05, 0) is 32.4 Å². The second-order valence-corrected chi connectivity index (χ2v) is 6.65. The molecule has 1 saturated heterocycles. The molecule has 1 fully saturated rings. The van der Waals surface area contributed by atoms with Crippen LogP contribution in [0.4, 0.5) is 0 Å². The van der Waals surface area contributed by atoms with Gasteiger partial charge in [-0.1, -0.05) is 6.07 Å². The van der Waals surface area contributed by atoms with Gasteiger partial charge in [0.05, 0.1) is 12.4 Å². The van der Waals surface area contributed by atoms with E-state index in [2.05, 4.69) is 25.2 Å². The Morgan fingerprint density at radius 1 is 1.33 bits per heavy atom. The van der Waals surface area contributed by atoms with Crippen molar-refractivity contribution in [2.75, 3.05) is 19.6 Å². The van der Waals surface area contributed by atoms with Gasteiger partial charge in [0.1, 0.15) is 5.69 Å². The van der Waals surface area contributed by atoms with Crippen molar-refractivity contribution in [1.82, 2.24) is 30.1 Å². The molecule has 8 heteroatoms. The second-order valence-electron chi connectivity index (χ2n) is 6.65. The first-order valence-electron chi connectivity index (χ1n) is 9.34. The number of amides is 2. The van der Waals surface area contributed by atoms with E-state index in [4.69, 9.17) is 0 Å². The molecule has 2 atom stereocenters. The summed E-state index contributed by atoms with van der Waals surface area (Å²) >= 11 is 0. The van der Waals surface area contributed by atoms with Crippen LogP contribution in [0, 0.1) is 0 Å². The molecule has 0 unspecified atom stereocenters. The fourth-order valence-corrected chi connectivity index (χ4v) is 3.53. The van der Waals surface area contributed by atoms with Gasteiger partial charge in [-0.25, -0.2) is 4.98 Å². The van der Waals surface area contributed by atoms with Crippen LogP contribution in [-0.4, -0.2) is 68.3 Å². The number of rotatable bonds is 7. The zero-order valence-corrected chi connectivity index (χ0v) is 15.8. The van der Waals surface area contributed by atoms with Crippen molar-refractivity contribution in [2.24, 2.45) is 0 Å². The lowest BCUT2D eigenvalue weighted by molar-refractivity contribution is -0.135. The SMILES string of the molecule is CCN(CC)C(=O)[C@@H]1C[C@@H](NC(=O)c2ccccn2)CN1Cc1cnc[nH]1. The summed E-state index contributed by atoms with van der Waals surface area (Å²) in [6, 6.07) is 4.88. The van der Waals surface area contributed by atoms with Crippen molar-refractivity contribution in [1.29, 1.82) is 0 Å². The number of carbonyl (C=O) groups excluding carboxylic acids is 2. The van der Waals surface area contributed by atoms with E-state index in [1.807, 2.05) is 18.7 Å². The molecule has 2 aromatic heterocycles. The first kappa shape index (κ1) is 19.0. The molecular weight excluding hydrogens is 344 g/mol. The minimum Gasteiger partial charge on any atom is -0.347 e. The molecule has 0 saturated carbocycles. The zero-order chi connectivity index (χ0) is 19.2. The molecule has 0 spiro atoms. The van der Waals surface area contributed by atoms with Crippen LogP contribution in [-0.2, 0) is 11.3 Å². The third-order valence-electron chi connectivity index (χ3n) is 4.92. The van der Waals surface area contributed by atoms with Crippen molar-refractivity contribution in [3.05, 3.63) is 48.3 Å². The Morgan fingerprint density at radius 3 is 2.78 bits per heavy atom. The lowest BCUT2D eigenvalue weighted by Gasteiger charge is -2.28. The molecule has 8 nitrogen and oxygen atoms in total. The number of imidazole rings is 1. The maximum Gasteiger partial charge on any atom is 0.270 e. The summed E-state index contributed by atoms with van der Waals surface area (Å²) in [5.74, 6) is -0.105. The van der Waals surface area contributed by atoms with Crippen LogP contribution < -0.4 is 5.32 Å². The summed E-state index contributed by atoms with van der Waals surface area (Å²) < 4.78 is 0. The Balaban J connectivity index is 1.72. The fourth-order valence-electron chi connectivity index (χ4n) is 3.53. The van der Waals surface area contributed by atoms with Gasteiger partial charge in [-0.3, -0.25) is 19.5 Å². The molecule has 3 rings (SSSR count). The smallest absolute Gasteiger partial charge is 0.270 e. The molecule has 1 aliphatic heterocycles. The lowest BCUT2D eigenvalue weighted by Crippen LogP contribution is -2.45. The number of H-pyrrole nitrogens is 1. The number of carbonyl (C=O) groups is 2. The summed E-state index contributed by atoms with van der Waals surface area (Å²) in [5.41, 5.74) is 1.33. The summed E-state index contributed by atoms with van der Waals surface area (Å²) in [7, 11) is 0. The highest BCUT2D eigenvalue weighted by molar-refractivity contribution is 5.92. The topological polar surface area (TPSA) is 94.2 Å². The number of pyridine rings is 1. The van der Waals surface area contributed by atoms with Crippen molar-refractivity contribution in [2.45, 2.75) is 38.9 Å². The highest BCUT2D eigenvalue weighted by atomic mass is 16.2. The Kier molecular flexibility index (Phi) is 6.18. The number of nitrogens with one attached hydrogen (secondary N) is 2. The molecule has 0 bridgehead atoms. The number of hydrogen-bond donors (Lipinski definition) is 2. The van der Waals surface area contributed by atoms with E-state index in [-0.39, 0.29) is 23.9 Å². The van der Waals surface area contributed by atoms with Crippen LogP contribution in [0.1, 0.15) is 36.5 Å². The number of nitrogens with zero attached hydrogens (tertiary/aromatic N) is 4. The molecule has 1 aliphatic rings. The zero-order valence-electron chi connectivity index (χ0n) is 15.8. The molecule has 2 aromatic rings. The highest BCUT2D eigenvalue weighted by Gasteiger charge is 2.39. The van der Waals surface area contributed by atoms with Gasteiger partial charge in [0.15, 0.2) is 0 Å². The molecule has 0 radical (unpaired) electrons. The fraction of sp³-hybridized carbons (Fsp3) is 0.474. The largest absolute Gasteiger partial charge is 0.347 e. The molecule has 3 heterocycles. The predicted octanol–water partition coefficient (Wildman–Crippen LogP) is 1.05.